The zero-order valence-electron chi connectivity index (χ0n) is 8.05. The van der Waals surface area contributed by atoms with Crippen LogP contribution in [0.5, 0.6) is 0 Å². The van der Waals surface area contributed by atoms with Gasteiger partial charge in [-0.05, 0) is 19.8 Å². The number of hydrogen-bond acceptors (Lipinski definition) is 2. The van der Waals surface area contributed by atoms with Crippen LogP contribution in [0.2, 0.25) is 0 Å². The van der Waals surface area contributed by atoms with E-state index in [0.717, 1.165) is 25.9 Å². The van der Waals surface area contributed by atoms with Gasteiger partial charge in [0.2, 0.25) is 5.91 Å². The first-order chi connectivity index (χ1) is 6.33. The molecule has 13 heavy (non-hydrogen) atoms. The van der Waals surface area contributed by atoms with Gasteiger partial charge in [0, 0.05) is 31.2 Å². The number of carbonyl (C=O) groups excluding carboxylic acids is 1. The molecule has 0 spiro atoms. The lowest BCUT2D eigenvalue weighted by Gasteiger charge is -2.22. The van der Waals surface area contributed by atoms with Crippen molar-refractivity contribution in [3.63, 3.8) is 0 Å². The fourth-order valence-electron chi connectivity index (χ4n) is 2.22. The lowest BCUT2D eigenvalue weighted by atomic mass is 10.2. The minimum Gasteiger partial charge on any atom is -0.314 e. The first-order valence-corrected chi connectivity index (χ1v) is 5.01. The van der Waals surface area contributed by atoms with E-state index in [2.05, 4.69) is 11.4 Å². The third-order valence-electron chi connectivity index (χ3n) is 2.91. The highest BCUT2D eigenvalue weighted by atomic mass is 16.2. The first-order valence-electron chi connectivity index (χ1n) is 5.01. The molecule has 2 aliphatic heterocycles. The van der Waals surface area contributed by atoms with Crippen LogP contribution < -0.4 is 5.32 Å². The summed E-state index contributed by atoms with van der Waals surface area (Å²) in [6.07, 6.45) is 4.91. The van der Waals surface area contributed by atoms with Crippen LogP contribution in [0.1, 0.15) is 26.2 Å². The van der Waals surface area contributed by atoms with Gasteiger partial charge in [-0.1, -0.05) is 6.08 Å². The zero-order chi connectivity index (χ0) is 9.26. The summed E-state index contributed by atoms with van der Waals surface area (Å²) in [5, 5.41) is 3.30. The van der Waals surface area contributed by atoms with E-state index in [9.17, 15) is 4.79 Å². The SMILES string of the molecule is C/C=C1\CC[C@H]2CNCCC(=O)N12. The van der Waals surface area contributed by atoms with Gasteiger partial charge in [-0.2, -0.15) is 0 Å². The molecule has 2 saturated heterocycles. The summed E-state index contributed by atoms with van der Waals surface area (Å²) in [5.41, 5.74) is 1.22. The summed E-state index contributed by atoms with van der Waals surface area (Å²) in [6.45, 7) is 3.81. The highest BCUT2D eigenvalue weighted by Crippen LogP contribution is 2.28. The molecule has 3 nitrogen and oxygen atoms in total. The molecule has 2 aliphatic rings. The van der Waals surface area contributed by atoms with Crippen molar-refractivity contribution in [1.29, 1.82) is 0 Å². The molecule has 0 aromatic rings. The molecule has 0 bridgehead atoms. The maximum absolute atomic E-state index is 11.7. The molecule has 0 saturated carbocycles. The maximum Gasteiger partial charge on any atom is 0.228 e. The van der Waals surface area contributed by atoms with Crippen LogP contribution in [0.15, 0.2) is 11.8 Å². The summed E-state index contributed by atoms with van der Waals surface area (Å²) in [7, 11) is 0. The number of nitrogens with one attached hydrogen (secondary N) is 1. The Labute approximate surface area is 78.8 Å². The van der Waals surface area contributed by atoms with Crippen LogP contribution in [-0.4, -0.2) is 29.9 Å². The molecule has 0 radical (unpaired) electrons. The number of rotatable bonds is 0. The minimum absolute atomic E-state index is 0.292. The molecule has 0 aliphatic carbocycles. The number of amides is 1. The van der Waals surface area contributed by atoms with Crippen molar-refractivity contribution in [2.45, 2.75) is 32.2 Å². The third kappa shape index (κ3) is 1.48. The van der Waals surface area contributed by atoms with Crippen LogP contribution in [0.3, 0.4) is 0 Å². The summed E-state index contributed by atoms with van der Waals surface area (Å²) >= 11 is 0. The van der Waals surface area contributed by atoms with Gasteiger partial charge in [-0.3, -0.25) is 4.79 Å². The van der Waals surface area contributed by atoms with Gasteiger partial charge in [-0.15, -0.1) is 0 Å². The Morgan fingerprint density at radius 2 is 2.38 bits per heavy atom. The summed E-state index contributed by atoms with van der Waals surface area (Å²) < 4.78 is 0. The lowest BCUT2D eigenvalue weighted by Crippen LogP contribution is -2.36. The number of fused-ring (bicyclic) bond motifs is 1. The highest BCUT2D eigenvalue weighted by Gasteiger charge is 2.33. The molecule has 2 fully saturated rings. The molecule has 1 amide bonds. The Kier molecular flexibility index (Phi) is 2.36. The Morgan fingerprint density at radius 3 is 3.15 bits per heavy atom. The van der Waals surface area contributed by atoms with Crippen molar-refractivity contribution in [2.24, 2.45) is 0 Å². The average Bonchev–Trinajstić information content (AvgIpc) is 2.47. The number of nitrogens with zero attached hydrogens (tertiary/aromatic N) is 1. The molecular weight excluding hydrogens is 164 g/mol. The normalized spacial score (nSPS) is 32.1. The predicted octanol–water partition coefficient (Wildman–Crippen LogP) is 0.875. The first kappa shape index (κ1) is 8.75. The molecule has 0 aromatic carbocycles. The molecule has 2 heterocycles. The average molecular weight is 180 g/mol. The molecule has 72 valence electrons. The molecule has 0 unspecified atom stereocenters. The summed E-state index contributed by atoms with van der Waals surface area (Å²) in [6, 6.07) is 0.418. The van der Waals surface area contributed by atoms with Gasteiger partial charge in [-0.25, -0.2) is 0 Å². The smallest absolute Gasteiger partial charge is 0.228 e. The second kappa shape index (κ2) is 3.50. The Bertz CT molecular complexity index is 247. The fourth-order valence-corrected chi connectivity index (χ4v) is 2.22. The fraction of sp³-hybridized carbons (Fsp3) is 0.700. The molecular formula is C10H16N2O. The molecule has 1 N–H and O–H groups in total. The largest absolute Gasteiger partial charge is 0.314 e. The van der Waals surface area contributed by atoms with Crippen LogP contribution in [0, 0.1) is 0 Å². The molecule has 3 heteroatoms. The van der Waals surface area contributed by atoms with Crippen molar-refractivity contribution < 1.29 is 4.79 Å². The Morgan fingerprint density at radius 1 is 1.54 bits per heavy atom. The molecule has 0 aromatic heterocycles. The van der Waals surface area contributed by atoms with E-state index in [4.69, 9.17) is 0 Å². The summed E-state index contributed by atoms with van der Waals surface area (Å²) in [4.78, 5) is 13.7. The predicted molar refractivity (Wildman–Crippen MR) is 51.1 cm³/mol. The Balaban J connectivity index is 2.22. The van der Waals surface area contributed by atoms with E-state index in [0.29, 0.717) is 18.4 Å². The standard InChI is InChI=1S/C10H16N2O/c1-2-8-3-4-9-7-11-6-5-10(13)12(8)9/h2,9,11H,3-7H2,1H3/b8-2+/t9-/m0/s1. The number of carbonyl (C=O) groups is 1. The van der Waals surface area contributed by atoms with Crippen molar-refractivity contribution in [1.82, 2.24) is 10.2 Å². The van der Waals surface area contributed by atoms with E-state index >= 15 is 0 Å². The third-order valence-corrected chi connectivity index (χ3v) is 2.91. The minimum atomic E-state index is 0.292. The van der Waals surface area contributed by atoms with Gasteiger partial charge in [0.15, 0.2) is 0 Å². The van der Waals surface area contributed by atoms with Crippen LogP contribution in [-0.2, 0) is 4.79 Å². The van der Waals surface area contributed by atoms with Crippen LogP contribution >= 0.6 is 0 Å². The zero-order valence-corrected chi connectivity index (χ0v) is 8.05. The van der Waals surface area contributed by atoms with Crippen molar-refractivity contribution in [3.05, 3.63) is 11.8 Å². The highest BCUT2D eigenvalue weighted by molar-refractivity contribution is 5.79. The lowest BCUT2D eigenvalue weighted by molar-refractivity contribution is -0.129. The van der Waals surface area contributed by atoms with Crippen molar-refractivity contribution in [2.75, 3.05) is 13.1 Å². The van der Waals surface area contributed by atoms with Crippen molar-refractivity contribution in [3.8, 4) is 0 Å². The topological polar surface area (TPSA) is 32.3 Å². The Hall–Kier alpha value is -0.830. The van der Waals surface area contributed by atoms with Crippen LogP contribution in [0.4, 0.5) is 0 Å². The van der Waals surface area contributed by atoms with Crippen LogP contribution in [0.25, 0.3) is 0 Å². The van der Waals surface area contributed by atoms with E-state index in [1.807, 2.05) is 11.8 Å². The molecule has 2 rings (SSSR count). The van der Waals surface area contributed by atoms with E-state index in [1.54, 1.807) is 0 Å². The maximum atomic E-state index is 11.7. The van der Waals surface area contributed by atoms with Gasteiger partial charge in [0.25, 0.3) is 0 Å². The number of hydrogen-bond donors (Lipinski definition) is 1. The summed E-state index contributed by atoms with van der Waals surface area (Å²) in [5.74, 6) is 0.292. The van der Waals surface area contributed by atoms with Crippen molar-refractivity contribution >= 4 is 5.91 Å². The molecule has 1 atom stereocenters. The monoisotopic (exact) mass is 180 g/mol. The quantitative estimate of drug-likeness (QED) is 0.600. The number of allylic oxidation sites excluding steroid dienone is 2. The van der Waals surface area contributed by atoms with Gasteiger partial charge < -0.3 is 10.2 Å². The van der Waals surface area contributed by atoms with Gasteiger partial charge in [0.05, 0.1) is 0 Å². The van der Waals surface area contributed by atoms with E-state index < -0.39 is 0 Å². The van der Waals surface area contributed by atoms with E-state index in [-0.39, 0.29) is 0 Å². The van der Waals surface area contributed by atoms with Gasteiger partial charge >= 0.3 is 0 Å². The van der Waals surface area contributed by atoms with E-state index in [1.165, 1.54) is 5.70 Å². The second-order valence-electron chi connectivity index (χ2n) is 3.69. The second-order valence-corrected chi connectivity index (χ2v) is 3.69. The van der Waals surface area contributed by atoms with Gasteiger partial charge in [0.1, 0.15) is 0 Å².